The number of imidazole rings is 1. The minimum absolute atomic E-state index is 0.0597. The van der Waals surface area contributed by atoms with E-state index in [1.807, 2.05) is 0 Å². The van der Waals surface area contributed by atoms with Crippen LogP contribution >= 0.6 is 11.8 Å². The van der Waals surface area contributed by atoms with Gasteiger partial charge < -0.3 is 42.6 Å². The van der Waals surface area contributed by atoms with Crippen molar-refractivity contribution in [2.45, 2.75) is 62.7 Å². The first-order chi connectivity index (χ1) is 17.4. The van der Waals surface area contributed by atoms with E-state index in [0.717, 1.165) is 0 Å². The molecule has 15 nitrogen and oxygen atoms in total. The van der Waals surface area contributed by atoms with E-state index in [1.54, 1.807) is 6.26 Å². The topological polar surface area (TPSA) is 260 Å². The Morgan fingerprint density at radius 1 is 0.946 bits per heavy atom. The lowest BCUT2D eigenvalue weighted by molar-refractivity contribution is -0.143. The van der Waals surface area contributed by atoms with E-state index in [2.05, 4.69) is 25.9 Å². The van der Waals surface area contributed by atoms with Crippen LogP contribution < -0.4 is 27.4 Å². The normalized spacial score (nSPS) is 14.0. The first-order valence-electron chi connectivity index (χ1n) is 11.3. The van der Waals surface area contributed by atoms with E-state index in [9.17, 15) is 33.9 Å². The van der Waals surface area contributed by atoms with Gasteiger partial charge in [-0.3, -0.25) is 24.0 Å². The van der Waals surface area contributed by atoms with Gasteiger partial charge in [-0.25, -0.2) is 9.78 Å². The Hall–Kier alpha value is -3.66. The molecule has 0 radical (unpaired) electrons. The summed E-state index contributed by atoms with van der Waals surface area (Å²) in [4.78, 5) is 78.7. The highest BCUT2D eigenvalue weighted by atomic mass is 32.2. The number of thioether (sulfide) groups is 1. The highest BCUT2D eigenvalue weighted by molar-refractivity contribution is 7.98. The summed E-state index contributed by atoms with van der Waals surface area (Å²) in [7, 11) is 0. The Morgan fingerprint density at radius 3 is 2.11 bits per heavy atom. The second-order valence-corrected chi connectivity index (χ2v) is 9.11. The van der Waals surface area contributed by atoms with Crippen LogP contribution in [0.15, 0.2) is 12.5 Å². The fraction of sp³-hybridized carbons (Fsp3) is 0.571. The maximum atomic E-state index is 13.1. The van der Waals surface area contributed by atoms with Crippen molar-refractivity contribution in [1.29, 1.82) is 0 Å². The van der Waals surface area contributed by atoms with E-state index >= 15 is 0 Å². The SMILES string of the molecule is CSCCC(NC(=O)C(CCC(=O)O)NC(=O)C(Cc1cnc[nH]1)NC(=O)C(N)CCC(N)=O)C(=O)O. The fourth-order valence-corrected chi connectivity index (χ4v) is 3.58. The molecule has 0 saturated heterocycles. The molecule has 4 atom stereocenters. The first kappa shape index (κ1) is 31.4. The van der Waals surface area contributed by atoms with Crippen LogP contribution in [-0.4, -0.2) is 91.9 Å². The lowest BCUT2D eigenvalue weighted by atomic mass is 10.1. The molecule has 0 fully saturated rings. The zero-order chi connectivity index (χ0) is 28.0. The molecule has 206 valence electrons. The molecule has 10 N–H and O–H groups in total. The van der Waals surface area contributed by atoms with Gasteiger partial charge in [-0.1, -0.05) is 0 Å². The molecule has 1 aromatic heterocycles. The zero-order valence-corrected chi connectivity index (χ0v) is 21.1. The maximum absolute atomic E-state index is 13.1. The van der Waals surface area contributed by atoms with Gasteiger partial charge in [0.15, 0.2) is 0 Å². The molecular formula is C21H33N7O8S. The molecule has 1 heterocycles. The number of rotatable bonds is 18. The zero-order valence-electron chi connectivity index (χ0n) is 20.3. The van der Waals surface area contributed by atoms with Crippen LogP contribution in [0, 0.1) is 0 Å². The molecule has 16 heteroatoms. The molecule has 0 aliphatic heterocycles. The van der Waals surface area contributed by atoms with Crippen molar-refractivity contribution in [3.05, 3.63) is 18.2 Å². The minimum atomic E-state index is -1.40. The van der Waals surface area contributed by atoms with Crippen molar-refractivity contribution in [3.63, 3.8) is 0 Å². The summed E-state index contributed by atoms with van der Waals surface area (Å²) in [6.45, 7) is 0. The first-order valence-corrected chi connectivity index (χ1v) is 12.7. The monoisotopic (exact) mass is 543 g/mol. The van der Waals surface area contributed by atoms with Crippen LogP contribution in [0.4, 0.5) is 0 Å². The Balaban J connectivity index is 3.05. The molecule has 0 spiro atoms. The highest BCUT2D eigenvalue weighted by Gasteiger charge is 2.31. The molecule has 37 heavy (non-hydrogen) atoms. The van der Waals surface area contributed by atoms with E-state index in [4.69, 9.17) is 16.6 Å². The van der Waals surface area contributed by atoms with Gasteiger partial charge in [0, 0.05) is 31.2 Å². The average molecular weight is 544 g/mol. The van der Waals surface area contributed by atoms with Gasteiger partial charge in [0.2, 0.25) is 23.6 Å². The van der Waals surface area contributed by atoms with Gasteiger partial charge in [0.05, 0.1) is 12.4 Å². The third kappa shape index (κ3) is 12.2. The summed E-state index contributed by atoms with van der Waals surface area (Å²) in [6, 6.07) is -5.06. The van der Waals surface area contributed by atoms with E-state index in [1.165, 1.54) is 24.3 Å². The van der Waals surface area contributed by atoms with Crippen molar-refractivity contribution < 1.29 is 39.0 Å². The van der Waals surface area contributed by atoms with Crippen LogP contribution in [0.25, 0.3) is 0 Å². The number of hydrogen-bond acceptors (Lipinski definition) is 9. The van der Waals surface area contributed by atoms with Gasteiger partial charge in [0.25, 0.3) is 0 Å². The number of carboxylic acid groups (broad SMARTS) is 2. The number of aromatic amines is 1. The number of nitrogens with two attached hydrogens (primary N) is 2. The van der Waals surface area contributed by atoms with E-state index in [-0.39, 0.29) is 32.1 Å². The van der Waals surface area contributed by atoms with Gasteiger partial charge in [-0.15, -0.1) is 0 Å². The number of aromatic nitrogens is 2. The summed E-state index contributed by atoms with van der Waals surface area (Å²) >= 11 is 1.38. The minimum Gasteiger partial charge on any atom is -0.481 e. The number of aliphatic carboxylic acids is 2. The number of carboxylic acids is 2. The molecule has 0 aromatic carbocycles. The van der Waals surface area contributed by atoms with Gasteiger partial charge in [-0.2, -0.15) is 11.8 Å². The molecule has 4 unspecified atom stereocenters. The third-order valence-corrected chi connectivity index (χ3v) is 5.80. The second-order valence-electron chi connectivity index (χ2n) is 8.13. The number of nitrogens with zero attached hydrogens (tertiary/aromatic N) is 1. The quantitative estimate of drug-likeness (QED) is 0.0976. The third-order valence-electron chi connectivity index (χ3n) is 5.16. The van der Waals surface area contributed by atoms with Crippen LogP contribution in [0.5, 0.6) is 0 Å². The maximum Gasteiger partial charge on any atom is 0.326 e. The van der Waals surface area contributed by atoms with Crippen LogP contribution in [-0.2, 0) is 35.2 Å². The molecule has 1 rings (SSSR count). The molecule has 4 amide bonds. The number of carbonyl (C=O) groups excluding carboxylic acids is 4. The Bertz CT molecular complexity index is 943. The summed E-state index contributed by atoms with van der Waals surface area (Å²) in [5, 5.41) is 25.6. The molecule has 0 saturated carbocycles. The highest BCUT2D eigenvalue weighted by Crippen LogP contribution is 2.07. The van der Waals surface area contributed by atoms with Crippen LogP contribution in [0.2, 0.25) is 0 Å². The molecular weight excluding hydrogens is 510 g/mol. The van der Waals surface area contributed by atoms with Crippen molar-refractivity contribution in [2.24, 2.45) is 11.5 Å². The molecule has 0 aliphatic rings. The van der Waals surface area contributed by atoms with Gasteiger partial charge in [0.1, 0.15) is 18.1 Å². The van der Waals surface area contributed by atoms with Gasteiger partial charge in [-0.05, 0) is 31.3 Å². The van der Waals surface area contributed by atoms with Crippen molar-refractivity contribution >= 4 is 47.3 Å². The summed E-state index contributed by atoms with van der Waals surface area (Å²) in [5.74, 6) is -5.20. The van der Waals surface area contributed by atoms with Crippen molar-refractivity contribution in [1.82, 2.24) is 25.9 Å². The van der Waals surface area contributed by atoms with Crippen LogP contribution in [0.3, 0.4) is 0 Å². The van der Waals surface area contributed by atoms with Crippen LogP contribution in [0.1, 0.15) is 37.8 Å². The molecule has 0 aliphatic carbocycles. The lowest BCUT2D eigenvalue weighted by Gasteiger charge is -2.25. The Morgan fingerprint density at radius 2 is 1.57 bits per heavy atom. The molecule has 0 bridgehead atoms. The fourth-order valence-electron chi connectivity index (χ4n) is 3.11. The lowest BCUT2D eigenvalue weighted by Crippen LogP contribution is -2.57. The predicted octanol–water partition coefficient (Wildman–Crippen LogP) is -2.30. The summed E-state index contributed by atoms with van der Waals surface area (Å²) in [6.07, 6.45) is 3.54. The number of carbonyl (C=O) groups is 6. The van der Waals surface area contributed by atoms with Crippen molar-refractivity contribution in [2.75, 3.05) is 12.0 Å². The number of hydrogen-bond donors (Lipinski definition) is 8. The number of H-pyrrole nitrogens is 1. The summed E-state index contributed by atoms with van der Waals surface area (Å²) < 4.78 is 0. The predicted molar refractivity (Wildman–Crippen MR) is 132 cm³/mol. The average Bonchev–Trinajstić information content (AvgIpc) is 3.34. The van der Waals surface area contributed by atoms with E-state index in [0.29, 0.717) is 11.4 Å². The standard InChI is InChI=1S/C21H33N7O8S/c1-37-7-6-14(21(35)36)27-19(33)13(3-5-17(30)31)26-20(34)15(8-11-9-24-10-25-11)28-18(32)12(22)2-4-16(23)29/h9-10,12-15H,2-8,22H2,1H3,(H2,23,29)(H,24,25)(H,26,34)(H,27,33)(H,28,32)(H,30,31)(H,35,36). The van der Waals surface area contributed by atoms with Gasteiger partial charge >= 0.3 is 11.9 Å². The Labute approximate surface area is 216 Å². The smallest absolute Gasteiger partial charge is 0.326 e. The number of nitrogens with one attached hydrogen (secondary N) is 4. The molecule has 1 aromatic rings. The second kappa shape index (κ2) is 16.2. The summed E-state index contributed by atoms with van der Waals surface area (Å²) in [5.41, 5.74) is 11.3. The number of primary amides is 1. The van der Waals surface area contributed by atoms with Crippen molar-refractivity contribution in [3.8, 4) is 0 Å². The Kier molecular flexibility index (Phi) is 13.7. The van der Waals surface area contributed by atoms with E-state index < -0.39 is 66.2 Å². The number of amides is 4. The largest absolute Gasteiger partial charge is 0.481 e.